The first-order valence-electron chi connectivity index (χ1n) is 11.0. The van der Waals surface area contributed by atoms with E-state index in [-0.39, 0.29) is 5.75 Å². The number of aromatic amines is 1. The molecule has 0 amide bonds. The SMILES string of the molecule is Oc1cc(-c2cn[nH]c2)ccc1-c1nc2sc(N3CC4(CC5CCC(C5)C4)C3)nc2s1. The molecule has 6 nitrogen and oxygen atoms in total. The summed E-state index contributed by atoms with van der Waals surface area (Å²) in [5, 5.41) is 19.3. The molecule has 3 fully saturated rings. The first-order chi connectivity index (χ1) is 15.1. The number of phenols is 1. The van der Waals surface area contributed by atoms with Gasteiger partial charge in [0.1, 0.15) is 10.8 Å². The molecule has 3 aliphatic rings. The molecule has 2 aliphatic carbocycles. The third kappa shape index (κ3) is 2.91. The monoisotopic (exact) mass is 449 g/mol. The number of thiazole rings is 2. The number of benzene rings is 1. The molecule has 4 aromatic rings. The zero-order valence-electron chi connectivity index (χ0n) is 17.0. The summed E-state index contributed by atoms with van der Waals surface area (Å²) < 4.78 is 0. The number of nitrogens with one attached hydrogen (secondary N) is 1. The molecule has 1 aliphatic heterocycles. The van der Waals surface area contributed by atoms with Crippen molar-refractivity contribution >= 4 is 37.5 Å². The number of H-pyrrole nitrogens is 1. The average Bonchev–Trinajstić information content (AvgIpc) is 3.50. The normalized spacial score (nSPS) is 24.2. The Balaban J connectivity index is 1.11. The van der Waals surface area contributed by atoms with Crippen molar-refractivity contribution in [2.75, 3.05) is 18.0 Å². The van der Waals surface area contributed by atoms with Crippen LogP contribution in [0.1, 0.15) is 32.1 Å². The zero-order chi connectivity index (χ0) is 20.6. The molecule has 158 valence electrons. The van der Waals surface area contributed by atoms with Crippen LogP contribution in [0.5, 0.6) is 5.75 Å². The highest BCUT2D eigenvalue weighted by atomic mass is 32.1. The molecule has 1 aromatic carbocycles. The van der Waals surface area contributed by atoms with Gasteiger partial charge in [0.25, 0.3) is 0 Å². The second-order valence-electron chi connectivity index (χ2n) is 9.65. The molecule has 7 rings (SSSR count). The van der Waals surface area contributed by atoms with Crippen LogP contribution in [-0.4, -0.2) is 38.4 Å². The minimum atomic E-state index is 0.233. The molecular weight excluding hydrogens is 426 g/mol. The summed E-state index contributed by atoms with van der Waals surface area (Å²) in [5.74, 6) is 2.20. The van der Waals surface area contributed by atoms with Gasteiger partial charge in [-0.25, -0.2) is 9.97 Å². The topological polar surface area (TPSA) is 77.9 Å². The Morgan fingerprint density at radius 3 is 2.55 bits per heavy atom. The molecule has 2 atom stereocenters. The number of aromatic nitrogens is 4. The van der Waals surface area contributed by atoms with Crippen molar-refractivity contribution in [3.05, 3.63) is 30.6 Å². The summed E-state index contributed by atoms with van der Waals surface area (Å²) in [4.78, 5) is 14.1. The van der Waals surface area contributed by atoms with Crippen LogP contribution in [0.2, 0.25) is 0 Å². The van der Waals surface area contributed by atoms with E-state index in [1.165, 1.54) is 45.2 Å². The smallest absolute Gasteiger partial charge is 0.188 e. The lowest BCUT2D eigenvalue weighted by molar-refractivity contribution is 0.0929. The average molecular weight is 450 g/mol. The maximum atomic E-state index is 10.6. The van der Waals surface area contributed by atoms with Gasteiger partial charge in [-0.2, -0.15) is 5.10 Å². The number of aromatic hydroxyl groups is 1. The van der Waals surface area contributed by atoms with E-state index in [1.807, 2.05) is 18.3 Å². The molecule has 3 aromatic heterocycles. The van der Waals surface area contributed by atoms with E-state index in [1.54, 1.807) is 34.9 Å². The van der Waals surface area contributed by atoms with E-state index < -0.39 is 0 Å². The summed E-state index contributed by atoms with van der Waals surface area (Å²) >= 11 is 3.25. The lowest BCUT2D eigenvalue weighted by atomic mass is 9.65. The van der Waals surface area contributed by atoms with Crippen molar-refractivity contribution in [3.63, 3.8) is 0 Å². The Hall–Kier alpha value is -2.45. The summed E-state index contributed by atoms with van der Waals surface area (Å²) in [6, 6.07) is 5.69. The number of hydrogen-bond donors (Lipinski definition) is 2. The summed E-state index contributed by atoms with van der Waals surface area (Å²) in [5.41, 5.74) is 3.19. The van der Waals surface area contributed by atoms with Crippen molar-refractivity contribution in [2.24, 2.45) is 17.3 Å². The number of hydrogen-bond acceptors (Lipinski definition) is 7. The second-order valence-corrected chi connectivity index (χ2v) is 11.6. The molecule has 2 unspecified atom stereocenters. The molecule has 1 spiro atoms. The fraction of sp³-hybridized carbons (Fsp3) is 0.435. The van der Waals surface area contributed by atoms with Gasteiger partial charge in [0.2, 0.25) is 0 Å². The Bertz CT molecular complexity index is 1230. The summed E-state index contributed by atoms with van der Waals surface area (Å²) in [7, 11) is 0. The molecule has 1 saturated heterocycles. The van der Waals surface area contributed by atoms with Gasteiger partial charge in [-0.05, 0) is 48.8 Å². The molecule has 2 saturated carbocycles. The van der Waals surface area contributed by atoms with Crippen LogP contribution in [0.25, 0.3) is 31.4 Å². The standard InChI is InChI=1S/C23H23N5OS2/c29-18-6-15(16-9-24-25-10-16)3-4-17(18)19-26-20-21(30-19)27-22(31-20)28-11-23(12-28)7-13-1-2-14(5-13)8-23/h3-4,6,9-10,13-14,29H,1-2,5,7-8,11-12H2,(H,24,25). The van der Waals surface area contributed by atoms with E-state index in [2.05, 4.69) is 15.1 Å². The molecule has 2 N–H and O–H groups in total. The molecule has 4 heterocycles. The quantitative estimate of drug-likeness (QED) is 0.430. The first kappa shape index (κ1) is 18.2. The maximum Gasteiger partial charge on any atom is 0.188 e. The van der Waals surface area contributed by atoms with Gasteiger partial charge >= 0.3 is 0 Å². The minimum Gasteiger partial charge on any atom is -0.507 e. The Labute approximate surface area is 188 Å². The number of fused-ring (bicyclic) bond motifs is 3. The van der Waals surface area contributed by atoms with Crippen molar-refractivity contribution in [3.8, 4) is 27.4 Å². The van der Waals surface area contributed by atoms with Gasteiger partial charge in [-0.15, -0.1) is 0 Å². The second kappa shape index (κ2) is 6.53. The predicted octanol–water partition coefficient (Wildman–Crippen LogP) is 5.53. The van der Waals surface area contributed by atoms with E-state index in [4.69, 9.17) is 9.97 Å². The molecular formula is C23H23N5OS2. The number of rotatable bonds is 3. The number of phenolic OH excluding ortho intramolecular Hbond substituents is 1. The molecule has 8 heteroatoms. The Kier molecular flexibility index (Phi) is 3.82. The molecule has 2 bridgehead atoms. The highest BCUT2D eigenvalue weighted by molar-refractivity contribution is 7.29. The number of nitrogens with zero attached hydrogens (tertiary/aromatic N) is 4. The van der Waals surface area contributed by atoms with Gasteiger partial charge in [-0.1, -0.05) is 41.6 Å². The number of anilines is 1. The largest absolute Gasteiger partial charge is 0.507 e. The molecule has 31 heavy (non-hydrogen) atoms. The third-order valence-electron chi connectivity index (χ3n) is 7.44. The van der Waals surface area contributed by atoms with Gasteiger partial charge in [0.05, 0.1) is 11.8 Å². The summed E-state index contributed by atoms with van der Waals surface area (Å²) in [6.45, 7) is 2.34. The molecule has 0 radical (unpaired) electrons. The van der Waals surface area contributed by atoms with Gasteiger partial charge in [0.15, 0.2) is 14.8 Å². The van der Waals surface area contributed by atoms with E-state index in [0.29, 0.717) is 5.41 Å². The third-order valence-corrected chi connectivity index (χ3v) is 9.56. The highest BCUT2D eigenvalue weighted by Crippen LogP contribution is 2.55. The Morgan fingerprint density at radius 1 is 1.03 bits per heavy atom. The van der Waals surface area contributed by atoms with Crippen LogP contribution < -0.4 is 4.90 Å². The van der Waals surface area contributed by atoms with Crippen LogP contribution in [0.15, 0.2) is 30.6 Å². The predicted molar refractivity (Wildman–Crippen MR) is 125 cm³/mol. The van der Waals surface area contributed by atoms with Crippen LogP contribution in [0, 0.1) is 17.3 Å². The van der Waals surface area contributed by atoms with Crippen molar-refractivity contribution < 1.29 is 5.11 Å². The van der Waals surface area contributed by atoms with E-state index in [0.717, 1.165) is 48.3 Å². The van der Waals surface area contributed by atoms with Crippen molar-refractivity contribution in [1.29, 1.82) is 0 Å². The van der Waals surface area contributed by atoms with Crippen molar-refractivity contribution in [2.45, 2.75) is 32.1 Å². The fourth-order valence-corrected chi connectivity index (χ4v) is 8.27. The van der Waals surface area contributed by atoms with Gasteiger partial charge < -0.3 is 10.0 Å². The van der Waals surface area contributed by atoms with Crippen LogP contribution in [0.4, 0.5) is 5.13 Å². The van der Waals surface area contributed by atoms with Crippen LogP contribution >= 0.6 is 22.7 Å². The fourth-order valence-electron chi connectivity index (χ4n) is 6.20. The maximum absolute atomic E-state index is 10.6. The lowest BCUT2D eigenvalue weighted by Crippen LogP contribution is -2.58. The van der Waals surface area contributed by atoms with Gasteiger partial charge in [0, 0.05) is 30.3 Å². The minimum absolute atomic E-state index is 0.233. The van der Waals surface area contributed by atoms with Crippen LogP contribution in [0.3, 0.4) is 0 Å². The Morgan fingerprint density at radius 2 is 1.84 bits per heavy atom. The van der Waals surface area contributed by atoms with Gasteiger partial charge in [-0.3, -0.25) is 5.10 Å². The van der Waals surface area contributed by atoms with Crippen LogP contribution in [-0.2, 0) is 0 Å². The highest BCUT2D eigenvalue weighted by Gasteiger charge is 2.51. The van der Waals surface area contributed by atoms with E-state index >= 15 is 0 Å². The van der Waals surface area contributed by atoms with Crippen molar-refractivity contribution in [1.82, 2.24) is 20.2 Å². The summed E-state index contributed by atoms with van der Waals surface area (Å²) in [6.07, 6.45) is 10.8. The first-order valence-corrected chi connectivity index (χ1v) is 12.6. The zero-order valence-corrected chi connectivity index (χ0v) is 18.7. The lowest BCUT2D eigenvalue weighted by Gasteiger charge is -2.54. The van der Waals surface area contributed by atoms with E-state index in [9.17, 15) is 5.11 Å².